The van der Waals surface area contributed by atoms with Crippen molar-refractivity contribution in [2.24, 2.45) is 5.92 Å². The summed E-state index contributed by atoms with van der Waals surface area (Å²) in [6, 6.07) is 16.2. The summed E-state index contributed by atoms with van der Waals surface area (Å²) in [6.45, 7) is 6.57. The molecule has 0 saturated carbocycles. The number of nitrogens with zero attached hydrogens (tertiary/aromatic N) is 1. The lowest BCUT2D eigenvalue weighted by Crippen LogP contribution is -2.56. The van der Waals surface area contributed by atoms with Crippen LogP contribution < -0.4 is 5.32 Å². The second kappa shape index (κ2) is 7.37. The molecule has 24 heavy (non-hydrogen) atoms. The van der Waals surface area contributed by atoms with E-state index in [0.29, 0.717) is 6.54 Å². The molecule has 1 unspecified atom stereocenters. The van der Waals surface area contributed by atoms with Gasteiger partial charge in [0.2, 0.25) is 5.91 Å². The Labute approximate surface area is 148 Å². The highest BCUT2D eigenvalue weighted by atomic mass is 35.5. The molecule has 2 aromatic rings. The van der Waals surface area contributed by atoms with Crippen molar-refractivity contribution in [2.45, 2.75) is 26.4 Å². The number of hydrogen-bond acceptors (Lipinski definition) is 2. The predicted octanol–water partition coefficient (Wildman–Crippen LogP) is 3.96. The highest BCUT2D eigenvalue weighted by molar-refractivity contribution is 6.30. The molecule has 0 aliphatic carbocycles. The van der Waals surface area contributed by atoms with Crippen molar-refractivity contribution in [3.63, 3.8) is 0 Å². The number of nitrogens with one attached hydrogen (secondary N) is 1. The summed E-state index contributed by atoms with van der Waals surface area (Å²) in [6.07, 6.45) is 0. The smallest absolute Gasteiger partial charge is 0.237 e. The molecule has 1 atom stereocenters. The van der Waals surface area contributed by atoms with E-state index in [1.54, 1.807) is 0 Å². The molecule has 3 rings (SSSR count). The van der Waals surface area contributed by atoms with Crippen molar-refractivity contribution in [2.75, 3.05) is 13.1 Å². The minimum absolute atomic E-state index is 0.0722. The third-order valence-corrected chi connectivity index (χ3v) is 4.79. The first-order valence-electron chi connectivity index (χ1n) is 8.42. The Hall–Kier alpha value is -1.84. The second-order valence-corrected chi connectivity index (χ2v) is 7.05. The average Bonchev–Trinajstić information content (AvgIpc) is 2.56. The second-order valence-electron chi connectivity index (χ2n) is 6.61. The Morgan fingerprint density at radius 2 is 1.88 bits per heavy atom. The van der Waals surface area contributed by atoms with Gasteiger partial charge in [0.1, 0.15) is 0 Å². The van der Waals surface area contributed by atoms with Crippen LogP contribution in [0.25, 0.3) is 11.1 Å². The number of benzene rings is 2. The van der Waals surface area contributed by atoms with E-state index in [1.807, 2.05) is 24.3 Å². The summed E-state index contributed by atoms with van der Waals surface area (Å²) in [7, 11) is 0. The van der Waals surface area contributed by atoms with E-state index in [-0.39, 0.29) is 17.9 Å². The van der Waals surface area contributed by atoms with Crippen LogP contribution in [0.1, 0.15) is 19.4 Å². The van der Waals surface area contributed by atoms with Gasteiger partial charge in [0, 0.05) is 24.7 Å². The van der Waals surface area contributed by atoms with Gasteiger partial charge in [-0.05, 0) is 34.7 Å². The number of carbonyl (C=O) groups excluding carboxylic acids is 1. The monoisotopic (exact) mass is 342 g/mol. The fourth-order valence-corrected chi connectivity index (χ4v) is 3.55. The van der Waals surface area contributed by atoms with E-state index in [9.17, 15) is 4.79 Å². The molecule has 4 heteroatoms. The van der Waals surface area contributed by atoms with Crippen molar-refractivity contribution in [3.8, 4) is 11.1 Å². The zero-order valence-electron chi connectivity index (χ0n) is 14.1. The van der Waals surface area contributed by atoms with E-state index in [4.69, 9.17) is 11.6 Å². The van der Waals surface area contributed by atoms with E-state index in [2.05, 4.69) is 48.3 Å². The lowest BCUT2D eigenvalue weighted by Gasteiger charge is -2.37. The first-order valence-corrected chi connectivity index (χ1v) is 8.79. The quantitative estimate of drug-likeness (QED) is 0.912. The lowest BCUT2D eigenvalue weighted by atomic mass is 9.96. The van der Waals surface area contributed by atoms with Gasteiger partial charge in [-0.2, -0.15) is 0 Å². The normalized spacial score (nSPS) is 18.7. The van der Waals surface area contributed by atoms with Crippen LogP contribution in [0.5, 0.6) is 0 Å². The van der Waals surface area contributed by atoms with Crippen molar-refractivity contribution < 1.29 is 4.79 Å². The summed E-state index contributed by atoms with van der Waals surface area (Å²) in [5.41, 5.74) is 3.58. The Bertz CT molecular complexity index is 712. The first-order chi connectivity index (χ1) is 11.6. The van der Waals surface area contributed by atoms with Gasteiger partial charge in [-0.15, -0.1) is 0 Å². The third-order valence-electron chi connectivity index (χ3n) is 4.54. The number of piperazine rings is 1. The number of hydrogen-bond donors (Lipinski definition) is 1. The number of rotatable bonds is 4. The standard InChI is InChI=1S/C20H23ClN2O/c1-14(2)19-20(24)22-11-12-23(19)13-16-5-3-4-6-18(16)15-7-9-17(21)10-8-15/h3-10,14,19H,11-13H2,1-2H3,(H,22,24). The molecule has 1 aliphatic heterocycles. The summed E-state index contributed by atoms with van der Waals surface area (Å²) >= 11 is 6.01. The molecule has 0 bridgehead atoms. The fraction of sp³-hybridized carbons (Fsp3) is 0.350. The minimum atomic E-state index is -0.0722. The van der Waals surface area contributed by atoms with Crippen molar-refractivity contribution in [3.05, 3.63) is 59.1 Å². The van der Waals surface area contributed by atoms with Crippen LogP contribution in [0.2, 0.25) is 5.02 Å². The molecule has 0 aromatic heterocycles. The molecule has 1 fully saturated rings. The number of amides is 1. The molecule has 1 N–H and O–H groups in total. The summed E-state index contributed by atoms with van der Waals surface area (Å²) in [5.74, 6) is 0.424. The van der Waals surface area contributed by atoms with Crippen LogP contribution >= 0.6 is 11.6 Å². The van der Waals surface area contributed by atoms with Gasteiger partial charge in [-0.1, -0.05) is 61.8 Å². The van der Waals surface area contributed by atoms with Gasteiger partial charge in [-0.25, -0.2) is 0 Å². The highest BCUT2D eigenvalue weighted by Crippen LogP contribution is 2.27. The van der Waals surface area contributed by atoms with Gasteiger partial charge < -0.3 is 5.32 Å². The maximum atomic E-state index is 12.3. The third kappa shape index (κ3) is 3.63. The Morgan fingerprint density at radius 1 is 1.17 bits per heavy atom. The maximum Gasteiger partial charge on any atom is 0.237 e. The molecule has 3 nitrogen and oxygen atoms in total. The first kappa shape index (κ1) is 17.0. The fourth-order valence-electron chi connectivity index (χ4n) is 3.42. The summed E-state index contributed by atoms with van der Waals surface area (Å²) < 4.78 is 0. The van der Waals surface area contributed by atoms with E-state index in [0.717, 1.165) is 23.7 Å². The van der Waals surface area contributed by atoms with Crippen LogP contribution in [0.15, 0.2) is 48.5 Å². The minimum Gasteiger partial charge on any atom is -0.353 e. The summed E-state index contributed by atoms with van der Waals surface area (Å²) in [5, 5.41) is 3.73. The van der Waals surface area contributed by atoms with Gasteiger partial charge in [-0.3, -0.25) is 9.69 Å². The molecular formula is C20H23ClN2O. The molecule has 126 valence electrons. The number of halogens is 1. The molecule has 2 aromatic carbocycles. The van der Waals surface area contributed by atoms with Crippen LogP contribution in [0.4, 0.5) is 0 Å². The average molecular weight is 343 g/mol. The molecule has 0 radical (unpaired) electrons. The zero-order chi connectivity index (χ0) is 17.1. The molecule has 1 aliphatic rings. The van der Waals surface area contributed by atoms with Gasteiger partial charge >= 0.3 is 0 Å². The molecule has 0 spiro atoms. The predicted molar refractivity (Wildman–Crippen MR) is 98.9 cm³/mol. The van der Waals surface area contributed by atoms with Crippen LogP contribution in [0, 0.1) is 5.92 Å². The largest absolute Gasteiger partial charge is 0.353 e. The Morgan fingerprint density at radius 3 is 2.58 bits per heavy atom. The molecule has 1 heterocycles. The van der Waals surface area contributed by atoms with Crippen molar-refractivity contribution >= 4 is 17.5 Å². The Balaban J connectivity index is 1.90. The maximum absolute atomic E-state index is 12.3. The van der Waals surface area contributed by atoms with Gasteiger partial charge in [0.15, 0.2) is 0 Å². The zero-order valence-corrected chi connectivity index (χ0v) is 14.9. The SMILES string of the molecule is CC(C)C1C(=O)NCCN1Cc1ccccc1-c1ccc(Cl)cc1. The number of carbonyl (C=O) groups is 1. The highest BCUT2D eigenvalue weighted by Gasteiger charge is 2.32. The molecule has 1 amide bonds. The van der Waals surface area contributed by atoms with Gasteiger partial charge in [0.25, 0.3) is 0 Å². The summed E-state index contributed by atoms with van der Waals surface area (Å²) in [4.78, 5) is 14.6. The van der Waals surface area contributed by atoms with Crippen molar-refractivity contribution in [1.82, 2.24) is 10.2 Å². The van der Waals surface area contributed by atoms with Crippen molar-refractivity contribution in [1.29, 1.82) is 0 Å². The van der Waals surface area contributed by atoms with E-state index >= 15 is 0 Å². The molecular weight excluding hydrogens is 320 g/mol. The van der Waals surface area contributed by atoms with Crippen LogP contribution in [-0.2, 0) is 11.3 Å². The topological polar surface area (TPSA) is 32.3 Å². The van der Waals surface area contributed by atoms with E-state index < -0.39 is 0 Å². The van der Waals surface area contributed by atoms with Crippen LogP contribution in [0.3, 0.4) is 0 Å². The van der Waals surface area contributed by atoms with E-state index in [1.165, 1.54) is 11.1 Å². The van der Waals surface area contributed by atoms with Crippen LogP contribution in [-0.4, -0.2) is 29.9 Å². The lowest BCUT2D eigenvalue weighted by molar-refractivity contribution is -0.131. The molecule has 1 saturated heterocycles. The van der Waals surface area contributed by atoms with Gasteiger partial charge in [0.05, 0.1) is 6.04 Å². The Kier molecular flexibility index (Phi) is 5.22.